The Morgan fingerprint density at radius 3 is 2.70 bits per heavy atom. The first kappa shape index (κ1) is 19.3. The summed E-state index contributed by atoms with van der Waals surface area (Å²) in [5, 5.41) is 22.0. The Kier molecular flexibility index (Phi) is 5.48. The van der Waals surface area contributed by atoms with Gasteiger partial charge in [0.15, 0.2) is 5.82 Å². The van der Waals surface area contributed by atoms with Gasteiger partial charge in [-0.25, -0.2) is 4.98 Å². The number of aromatic nitrogens is 1. The minimum atomic E-state index is -4.70. The topological polar surface area (TPSA) is 72.2 Å². The Morgan fingerprint density at radius 1 is 1.37 bits per heavy atom. The molecule has 1 aromatic heterocycles. The average molecular weight is 394 g/mol. The number of benzene rings is 1. The fourth-order valence-electron chi connectivity index (χ4n) is 2.95. The van der Waals surface area contributed by atoms with Gasteiger partial charge in [-0.1, -0.05) is 12.1 Å². The number of hydrogen-bond donors (Lipinski definition) is 2. The molecule has 2 heterocycles. The lowest BCUT2D eigenvalue weighted by Crippen LogP contribution is -2.24. The van der Waals surface area contributed by atoms with Gasteiger partial charge in [0, 0.05) is 18.0 Å². The fourth-order valence-corrected chi connectivity index (χ4v) is 3.50. The van der Waals surface area contributed by atoms with E-state index < -0.39 is 23.4 Å². The van der Waals surface area contributed by atoms with E-state index >= 15 is 0 Å². The largest absolute Gasteiger partial charge is 0.417 e. The molecule has 1 atom stereocenters. The van der Waals surface area contributed by atoms with Gasteiger partial charge in [-0.2, -0.15) is 18.4 Å². The van der Waals surface area contributed by atoms with Crippen molar-refractivity contribution >= 4 is 29.1 Å². The zero-order valence-corrected chi connectivity index (χ0v) is 15.2. The van der Waals surface area contributed by atoms with Crippen LogP contribution >= 0.6 is 11.8 Å². The summed E-state index contributed by atoms with van der Waals surface area (Å²) in [5.41, 5.74) is -1.02. The maximum atomic E-state index is 13.6. The minimum Gasteiger partial charge on any atom is -0.391 e. The first-order valence-corrected chi connectivity index (χ1v) is 9.41. The smallest absolute Gasteiger partial charge is 0.391 e. The molecule has 0 saturated carbocycles. The predicted octanol–water partition coefficient (Wildman–Crippen LogP) is 4.01. The highest BCUT2D eigenvalue weighted by Crippen LogP contribution is 2.38. The lowest BCUT2D eigenvalue weighted by Gasteiger charge is -2.21. The normalized spacial score (nSPS) is 17.0. The summed E-state index contributed by atoms with van der Waals surface area (Å²) in [5.74, 6) is -0.0628. The molecule has 142 valence electrons. The Hall–Kier alpha value is -2.44. The van der Waals surface area contributed by atoms with Crippen molar-refractivity contribution in [2.75, 3.05) is 29.6 Å². The summed E-state index contributed by atoms with van der Waals surface area (Å²) in [7, 11) is 0. The molecule has 1 aromatic carbocycles. The predicted molar refractivity (Wildman–Crippen MR) is 98.3 cm³/mol. The van der Waals surface area contributed by atoms with Gasteiger partial charge in [0.05, 0.1) is 17.4 Å². The fraction of sp³-hybridized carbons (Fsp3) is 0.333. The lowest BCUT2D eigenvalue weighted by atomic mass is 10.1. The maximum Gasteiger partial charge on any atom is 0.417 e. The molecule has 5 nitrogen and oxygen atoms in total. The number of hydrogen-bond acceptors (Lipinski definition) is 6. The molecule has 0 radical (unpaired) electrons. The molecule has 1 unspecified atom stereocenters. The van der Waals surface area contributed by atoms with Crippen LogP contribution in [0, 0.1) is 11.3 Å². The van der Waals surface area contributed by atoms with E-state index in [0.29, 0.717) is 18.7 Å². The number of anilines is 3. The van der Waals surface area contributed by atoms with Crippen LogP contribution in [0.3, 0.4) is 0 Å². The molecule has 1 aliphatic rings. The van der Waals surface area contributed by atoms with Crippen LogP contribution in [0.15, 0.2) is 35.2 Å². The van der Waals surface area contributed by atoms with Crippen molar-refractivity contribution in [2.24, 2.45) is 0 Å². The number of nitrogens with one attached hydrogen (secondary N) is 1. The highest BCUT2D eigenvalue weighted by atomic mass is 32.2. The third kappa shape index (κ3) is 4.12. The Bertz CT molecular complexity index is 882. The lowest BCUT2D eigenvalue weighted by molar-refractivity contribution is -0.137. The van der Waals surface area contributed by atoms with Gasteiger partial charge < -0.3 is 15.3 Å². The van der Waals surface area contributed by atoms with E-state index in [4.69, 9.17) is 0 Å². The van der Waals surface area contributed by atoms with E-state index in [1.807, 2.05) is 18.4 Å². The maximum absolute atomic E-state index is 13.6. The zero-order chi connectivity index (χ0) is 19.6. The van der Waals surface area contributed by atoms with E-state index in [1.165, 1.54) is 11.8 Å². The van der Waals surface area contributed by atoms with Crippen LogP contribution in [0.1, 0.15) is 17.5 Å². The van der Waals surface area contributed by atoms with Crippen molar-refractivity contribution in [1.82, 2.24) is 4.98 Å². The van der Waals surface area contributed by atoms with Crippen molar-refractivity contribution in [3.05, 3.63) is 41.5 Å². The number of nitrogens with zero attached hydrogens (tertiary/aromatic N) is 3. The number of alkyl halides is 3. The summed E-state index contributed by atoms with van der Waals surface area (Å²) in [6.45, 7) is 0.606. The van der Waals surface area contributed by atoms with Gasteiger partial charge in [0.2, 0.25) is 0 Å². The van der Waals surface area contributed by atoms with Crippen LogP contribution in [0.5, 0.6) is 0 Å². The molecule has 0 aliphatic carbocycles. The van der Waals surface area contributed by atoms with E-state index in [0.717, 1.165) is 11.0 Å². The first-order valence-electron chi connectivity index (χ1n) is 8.19. The summed E-state index contributed by atoms with van der Waals surface area (Å²) in [4.78, 5) is 6.69. The van der Waals surface area contributed by atoms with Crippen LogP contribution in [0.4, 0.5) is 30.5 Å². The standard InChI is InChI=1S/C18H17F3N4OS/c1-27-15-5-3-2-4-14(15)23-17-12(9-22)13(18(19,20)21)8-16(24-17)25-7-6-11(26)10-25/h2-5,8,11,26H,6-7,10H2,1H3,(H,23,24). The molecule has 3 rings (SSSR count). The van der Waals surface area contributed by atoms with Crippen molar-refractivity contribution in [3.8, 4) is 6.07 Å². The molecule has 1 saturated heterocycles. The first-order chi connectivity index (χ1) is 12.8. The average Bonchev–Trinajstić information content (AvgIpc) is 3.07. The van der Waals surface area contributed by atoms with E-state index in [-0.39, 0.29) is 18.2 Å². The van der Waals surface area contributed by atoms with Gasteiger partial charge in [-0.3, -0.25) is 0 Å². The third-order valence-corrected chi connectivity index (χ3v) is 5.07. The van der Waals surface area contributed by atoms with Gasteiger partial charge in [-0.05, 0) is 30.9 Å². The molecule has 0 bridgehead atoms. The molecule has 2 aromatic rings. The van der Waals surface area contributed by atoms with Crippen LogP contribution in [-0.2, 0) is 6.18 Å². The molecular weight excluding hydrogens is 377 g/mol. The number of β-amino-alcohol motifs (C(OH)–C–C–N with tert-alkyl or cyclic N) is 1. The van der Waals surface area contributed by atoms with Gasteiger partial charge >= 0.3 is 6.18 Å². The molecule has 2 N–H and O–H groups in total. The van der Waals surface area contributed by atoms with E-state index in [1.54, 1.807) is 23.1 Å². The van der Waals surface area contributed by atoms with Crippen LogP contribution in [0.25, 0.3) is 0 Å². The highest BCUT2D eigenvalue weighted by molar-refractivity contribution is 7.98. The Morgan fingerprint density at radius 2 is 2.11 bits per heavy atom. The molecule has 1 fully saturated rings. The molecule has 0 amide bonds. The summed E-state index contributed by atoms with van der Waals surface area (Å²) in [6.07, 6.45) is -3.00. The second-order valence-electron chi connectivity index (χ2n) is 6.07. The SMILES string of the molecule is CSc1ccccc1Nc1nc(N2CCC(O)C2)cc(C(F)(F)F)c1C#N. The number of thioether (sulfide) groups is 1. The Balaban J connectivity index is 2.12. The number of nitriles is 1. The molecule has 1 aliphatic heterocycles. The quantitative estimate of drug-likeness (QED) is 0.764. The molecule has 9 heteroatoms. The number of halogens is 3. The van der Waals surface area contributed by atoms with Gasteiger partial charge in [-0.15, -0.1) is 11.8 Å². The summed E-state index contributed by atoms with van der Waals surface area (Å²) < 4.78 is 40.7. The number of aliphatic hydroxyl groups is 1. The van der Waals surface area contributed by atoms with Crippen LogP contribution in [-0.4, -0.2) is 35.5 Å². The van der Waals surface area contributed by atoms with E-state index in [9.17, 15) is 23.5 Å². The monoisotopic (exact) mass is 394 g/mol. The van der Waals surface area contributed by atoms with Crippen LogP contribution < -0.4 is 10.2 Å². The van der Waals surface area contributed by atoms with Gasteiger partial charge in [0.25, 0.3) is 0 Å². The number of para-hydroxylation sites is 1. The van der Waals surface area contributed by atoms with Gasteiger partial charge in [0.1, 0.15) is 17.5 Å². The van der Waals surface area contributed by atoms with Crippen molar-refractivity contribution < 1.29 is 18.3 Å². The van der Waals surface area contributed by atoms with E-state index in [2.05, 4.69) is 10.3 Å². The highest BCUT2D eigenvalue weighted by Gasteiger charge is 2.37. The van der Waals surface area contributed by atoms with Crippen molar-refractivity contribution in [1.29, 1.82) is 5.26 Å². The molecule has 0 spiro atoms. The second-order valence-corrected chi connectivity index (χ2v) is 6.92. The summed E-state index contributed by atoms with van der Waals surface area (Å²) >= 11 is 1.43. The zero-order valence-electron chi connectivity index (χ0n) is 14.4. The Labute approximate surface area is 158 Å². The molecule has 27 heavy (non-hydrogen) atoms. The summed E-state index contributed by atoms with van der Waals surface area (Å²) in [6, 6.07) is 9.62. The third-order valence-electron chi connectivity index (χ3n) is 4.27. The second kappa shape index (κ2) is 7.66. The minimum absolute atomic E-state index is 0.0852. The van der Waals surface area contributed by atoms with Crippen molar-refractivity contribution in [2.45, 2.75) is 23.6 Å². The number of rotatable bonds is 4. The van der Waals surface area contributed by atoms with Crippen LogP contribution in [0.2, 0.25) is 0 Å². The number of aliphatic hydroxyl groups excluding tert-OH is 1. The van der Waals surface area contributed by atoms with Crippen molar-refractivity contribution in [3.63, 3.8) is 0 Å². The molecular formula is C18H17F3N4OS. The number of pyridine rings is 1.